The van der Waals surface area contributed by atoms with E-state index in [4.69, 9.17) is 4.74 Å². The maximum atomic E-state index is 12.8. The van der Waals surface area contributed by atoms with E-state index < -0.39 is 11.7 Å². The summed E-state index contributed by atoms with van der Waals surface area (Å²) < 4.78 is 44.2. The third-order valence-corrected chi connectivity index (χ3v) is 4.82. The van der Waals surface area contributed by atoms with Gasteiger partial charge >= 0.3 is 6.18 Å². The Morgan fingerprint density at radius 1 is 1.29 bits per heavy atom. The number of halogens is 3. The maximum absolute atomic E-state index is 12.8. The van der Waals surface area contributed by atoms with Gasteiger partial charge in [-0.15, -0.1) is 0 Å². The van der Waals surface area contributed by atoms with Crippen molar-refractivity contribution in [1.29, 1.82) is 0 Å². The smallest absolute Gasteiger partial charge is 0.375 e. The van der Waals surface area contributed by atoms with Crippen molar-refractivity contribution in [2.45, 2.75) is 50.6 Å². The van der Waals surface area contributed by atoms with Crippen LogP contribution < -0.4 is 5.32 Å². The molecule has 2 bridgehead atoms. The Labute approximate surface area is 122 Å². The quantitative estimate of drug-likeness (QED) is 0.915. The first kappa shape index (κ1) is 14.9. The highest BCUT2D eigenvalue weighted by atomic mass is 19.4. The van der Waals surface area contributed by atoms with Crippen LogP contribution in [0.4, 0.5) is 13.2 Å². The van der Waals surface area contributed by atoms with Crippen LogP contribution in [0.1, 0.15) is 42.0 Å². The fraction of sp³-hybridized carbons (Fsp3) is 0.625. The summed E-state index contributed by atoms with van der Waals surface area (Å²) in [5, 5.41) is 3.28. The van der Waals surface area contributed by atoms with E-state index in [9.17, 15) is 13.2 Å². The van der Waals surface area contributed by atoms with E-state index in [0.717, 1.165) is 24.8 Å². The number of alkyl halides is 3. The van der Waals surface area contributed by atoms with Gasteiger partial charge in [-0.2, -0.15) is 13.2 Å². The van der Waals surface area contributed by atoms with Crippen molar-refractivity contribution < 1.29 is 17.9 Å². The van der Waals surface area contributed by atoms with Crippen molar-refractivity contribution in [3.05, 3.63) is 34.9 Å². The standard InChI is InChI=1S/C16H20F3NO/c1-9-7-10(16(17,18)19)3-5-12(9)15(20-2)13-8-11-4-6-14(13)21-11/h3,5,7,11,13-15,20H,4,6,8H2,1-2H3. The highest BCUT2D eigenvalue weighted by Gasteiger charge is 2.44. The lowest BCUT2D eigenvalue weighted by Crippen LogP contribution is -2.32. The van der Waals surface area contributed by atoms with Crippen LogP contribution in [-0.4, -0.2) is 19.3 Å². The molecule has 2 aliphatic rings. The second-order valence-corrected chi connectivity index (χ2v) is 6.11. The van der Waals surface area contributed by atoms with E-state index in [0.29, 0.717) is 17.6 Å². The molecule has 0 aliphatic carbocycles. The second-order valence-electron chi connectivity index (χ2n) is 6.11. The highest BCUT2D eigenvalue weighted by Crippen LogP contribution is 2.45. The molecule has 2 saturated heterocycles. The zero-order valence-corrected chi connectivity index (χ0v) is 12.2. The number of ether oxygens (including phenoxy) is 1. The van der Waals surface area contributed by atoms with Crippen molar-refractivity contribution in [3.63, 3.8) is 0 Å². The molecule has 116 valence electrons. The van der Waals surface area contributed by atoms with E-state index in [1.54, 1.807) is 13.0 Å². The van der Waals surface area contributed by atoms with Gasteiger partial charge in [0.1, 0.15) is 0 Å². The van der Waals surface area contributed by atoms with Gasteiger partial charge in [0.15, 0.2) is 0 Å². The monoisotopic (exact) mass is 299 g/mol. The molecule has 4 atom stereocenters. The van der Waals surface area contributed by atoms with E-state index >= 15 is 0 Å². The molecule has 2 heterocycles. The molecule has 0 spiro atoms. The van der Waals surface area contributed by atoms with Gasteiger partial charge in [-0.05, 0) is 56.5 Å². The van der Waals surface area contributed by atoms with Gasteiger partial charge in [-0.1, -0.05) is 6.07 Å². The van der Waals surface area contributed by atoms with Crippen molar-refractivity contribution >= 4 is 0 Å². The van der Waals surface area contributed by atoms with Crippen LogP contribution >= 0.6 is 0 Å². The average molecular weight is 299 g/mol. The van der Waals surface area contributed by atoms with Crippen LogP contribution in [0.5, 0.6) is 0 Å². The molecule has 1 aromatic rings. The Hall–Kier alpha value is -1.07. The summed E-state index contributed by atoms with van der Waals surface area (Å²) in [5.74, 6) is 0.351. The van der Waals surface area contributed by atoms with E-state index in [2.05, 4.69) is 5.32 Å². The second kappa shape index (κ2) is 5.29. The van der Waals surface area contributed by atoms with Gasteiger partial charge in [0, 0.05) is 12.0 Å². The third-order valence-electron chi connectivity index (χ3n) is 4.82. The lowest BCUT2D eigenvalue weighted by atomic mass is 9.80. The first-order chi connectivity index (χ1) is 9.90. The summed E-state index contributed by atoms with van der Waals surface area (Å²) in [6.45, 7) is 1.75. The van der Waals surface area contributed by atoms with Crippen LogP contribution in [0.2, 0.25) is 0 Å². The predicted molar refractivity (Wildman–Crippen MR) is 74.0 cm³/mol. The zero-order chi connectivity index (χ0) is 15.2. The van der Waals surface area contributed by atoms with Crippen LogP contribution in [-0.2, 0) is 10.9 Å². The molecule has 0 radical (unpaired) electrons. The summed E-state index contributed by atoms with van der Waals surface area (Å²) in [7, 11) is 1.87. The molecule has 1 N–H and O–H groups in total. The number of hydrogen-bond donors (Lipinski definition) is 1. The molecule has 5 heteroatoms. The SMILES string of the molecule is CNC(c1ccc(C(F)(F)F)cc1C)C1CC2CCC1O2. The Morgan fingerprint density at radius 2 is 2.05 bits per heavy atom. The first-order valence-corrected chi connectivity index (χ1v) is 7.40. The van der Waals surface area contributed by atoms with Crippen molar-refractivity contribution in [2.24, 2.45) is 5.92 Å². The minimum atomic E-state index is -4.28. The molecular formula is C16H20F3NO. The largest absolute Gasteiger partial charge is 0.416 e. The predicted octanol–water partition coefficient (Wildman–Crippen LogP) is 3.84. The number of rotatable bonds is 3. The first-order valence-electron chi connectivity index (χ1n) is 7.40. The van der Waals surface area contributed by atoms with Crippen molar-refractivity contribution in [2.75, 3.05) is 7.05 Å². The van der Waals surface area contributed by atoms with E-state index in [-0.39, 0.29) is 12.1 Å². The number of benzene rings is 1. The minimum Gasteiger partial charge on any atom is -0.375 e. The Morgan fingerprint density at radius 3 is 2.52 bits per heavy atom. The third kappa shape index (κ3) is 2.69. The van der Waals surface area contributed by atoms with Crippen molar-refractivity contribution in [1.82, 2.24) is 5.32 Å². The number of hydrogen-bond acceptors (Lipinski definition) is 2. The van der Waals surface area contributed by atoms with Gasteiger partial charge in [0.05, 0.1) is 17.8 Å². The van der Waals surface area contributed by atoms with Crippen LogP contribution in [0.25, 0.3) is 0 Å². The van der Waals surface area contributed by atoms with E-state index in [1.807, 2.05) is 7.05 Å². The Balaban J connectivity index is 1.87. The summed E-state index contributed by atoms with van der Waals surface area (Å²) in [6, 6.07) is 4.10. The van der Waals surface area contributed by atoms with Gasteiger partial charge in [-0.25, -0.2) is 0 Å². The van der Waals surface area contributed by atoms with Gasteiger partial charge in [-0.3, -0.25) is 0 Å². The lowest BCUT2D eigenvalue weighted by molar-refractivity contribution is -0.137. The highest BCUT2D eigenvalue weighted by molar-refractivity contribution is 5.35. The number of nitrogens with one attached hydrogen (secondary N) is 1. The van der Waals surface area contributed by atoms with Crippen molar-refractivity contribution in [3.8, 4) is 0 Å². The summed E-state index contributed by atoms with van der Waals surface area (Å²) >= 11 is 0. The molecule has 0 aromatic heterocycles. The molecular weight excluding hydrogens is 279 g/mol. The fourth-order valence-electron chi connectivity index (χ4n) is 3.83. The lowest BCUT2D eigenvalue weighted by Gasteiger charge is -2.30. The molecule has 2 nitrogen and oxygen atoms in total. The summed E-state index contributed by atoms with van der Waals surface area (Å²) in [6.07, 6.45) is -0.527. The summed E-state index contributed by atoms with van der Waals surface area (Å²) in [4.78, 5) is 0. The molecule has 0 saturated carbocycles. The topological polar surface area (TPSA) is 21.3 Å². The fourth-order valence-corrected chi connectivity index (χ4v) is 3.83. The Bertz CT molecular complexity index is 529. The normalized spacial score (nSPS) is 29.9. The Kier molecular flexibility index (Phi) is 3.74. The molecule has 2 aliphatic heterocycles. The van der Waals surface area contributed by atoms with Gasteiger partial charge < -0.3 is 10.1 Å². The number of fused-ring (bicyclic) bond motifs is 2. The molecule has 0 amide bonds. The maximum Gasteiger partial charge on any atom is 0.416 e. The van der Waals surface area contributed by atoms with Gasteiger partial charge in [0.25, 0.3) is 0 Å². The molecule has 2 fully saturated rings. The zero-order valence-electron chi connectivity index (χ0n) is 12.2. The van der Waals surface area contributed by atoms with Crippen LogP contribution in [0.15, 0.2) is 18.2 Å². The molecule has 3 rings (SSSR count). The van der Waals surface area contributed by atoms with Crippen LogP contribution in [0.3, 0.4) is 0 Å². The van der Waals surface area contributed by atoms with Crippen LogP contribution in [0, 0.1) is 12.8 Å². The number of aryl methyl sites for hydroxylation is 1. The average Bonchev–Trinajstić information content (AvgIpc) is 3.03. The van der Waals surface area contributed by atoms with E-state index in [1.165, 1.54) is 12.1 Å². The minimum absolute atomic E-state index is 0.0579. The van der Waals surface area contributed by atoms with Gasteiger partial charge in [0.2, 0.25) is 0 Å². The summed E-state index contributed by atoms with van der Waals surface area (Å²) in [5.41, 5.74) is 1.06. The molecule has 21 heavy (non-hydrogen) atoms. The molecule has 4 unspecified atom stereocenters. The molecule has 1 aromatic carbocycles.